The second-order valence-corrected chi connectivity index (χ2v) is 7.06. The first-order chi connectivity index (χ1) is 9.08. The summed E-state index contributed by atoms with van der Waals surface area (Å²) in [4.78, 5) is 0. The number of likely N-dealkylation sites (N-methyl/N-ethyl adjacent to an activating group) is 1. The largest absolute Gasteiger partial charge is 0.318 e. The first-order valence-corrected chi connectivity index (χ1v) is 8.53. The van der Waals surface area contributed by atoms with E-state index in [-0.39, 0.29) is 0 Å². The van der Waals surface area contributed by atoms with Crippen LogP contribution in [0.3, 0.4) is 0 Å². The zero-order valence-electron chi connectivity index (χ0n) is 13.7. The summed E-state index contributed by atoms with van der Waals surface area (Å²) in [5, 5.41) is 0. The molecule has 1 aliphatic heterocycles. The molecule has 0 aromatic rings. The van der Waals surface area contributed by atoms with Crippen LogP contribution in [0.5, 0.6) is 0 Å². The Labute approximate surface area is 121 Å². The quantitative estimate of drug-likeness (QED) is 0.301. The molecule has 1 nitrogen and oxygen atoms in total. The molecule has 19 heavy (non-hydrogen) atoms. The van der Waals surface area contributed by atoms with Crippen LogP contribution in [-0.2, 0) is 0 Å². The normalized spacial score (nSPS) is 31.3. The highest BCUT2D eigenvalue weighted by Crippen LogP contribution is 2.37. The number of unbranched alkanes of at least 4 members (excludes halogenated alkanes) is 5. The monoisotopic (exact) mass is 266 g/mol. The lowest BCUT2D eigenvalue weighted by Crippen LogP contribution is -2.62. The molecule has 1 heterocycles. The van der Waals surface area contributed by atoms with Crippen molar-refractivity contribution in [3.8, 4) is 0 Å². The third-order valence-corrected chi connectivity index (χ3v) is 5.52. The van der Waals surface area contributed by atoms with Crippen LogP contribution in [0.15, 0.2) is 12.7 Å². The predicted octanol–water partition coefficient (Wildman–Crippen LogP) is 5.31. The molecule has 2 unspecified atom stereocenters. The van der Waals surface area contributed by atoms with Crippen LogP contribution < -0.4 is 0 Å². The van der Waals surface area contributed by atoms with Gasteiger partial charge < -0.3 is 4.48 Å². The molecule has 0 saturated carbocycles. The smallest absolute Gasteiger partial charge is 0.0973 e. The minimum absolute atomic E-state index is 0.497. The third-order valence-electron chi connectivity index (χ3n) is 5.52. The van der Waals surface area contributed by atoms with E-state index in [1.807, 2.05) is 0 Å². The molecular formula is C18H36N+. The van der Waals surface area contributed by atoms with Gasteiger partial charge in [-0.25, -0.2) is 0 Å². The highest BCUT2D eigenvalue weighted by Gasteiger charge is 2.44. The topological polar surface area (TPSA) is 0 Å². The van der Waals surface area contributed by atoms with E-state index in [0.29, 0.717) is 5.54 Å². The minimum atomic E-state index is 0.497. The number of hydrogen-bond donors (Lipinski definition) is 0. The Kier molecular flexibility index (Phi) is 7.13. The number of likely N-dealkylation sites (tertiary alicyclic amines) is 1. The lowest BCUT2D eigenvalue weighted by Gasteiger charge is -2.52. The highest BCUT2D eigenvalue weighted by molar-refractivity contribution is 4.82. The molecule has 0 aromatic heterocycles. The van der Waals surface area contributed by atoms with Crippen molar-refractivity contribution in [3.05, 3.63) is 12.7 Å². The summed E-state index contributed by atoms with van der Waals surface area (Å²) >= 11 is 0. The summed E-state index contributed by atoms with van der Waals surface area (Å²) in [7, 11) is 2.46. The fourth-order valence-electron chi connectivity index (χ4n) is 3.78. The molecule has 112 valence electrons. The van der Waals surface area contributed by atoms with Gasteiger partial charge in [-0.2, -0.15) is 0 Å². The molecule has 1 rings (SSSR count). The first kappa shape index (κ1) is 16.8. The van der Waals surface area contributed by atoms with Gasteiger partial charge in [0.05, 0.1) is 25.7 Å². The van der Waals surface area contributed by atoms with E-state index in [9.17, 15) is 0 Å². The van der Waals surface area contributed by atoms with Gasteiger partial charge in [-0.15, -0.1) is 0 Å². The SMILES string of the molecule is C=CC[N+]1(C)CCCCC1(C)CCCCCCCC. The van der Waals surface area contributed by atoms with Crippen LogP contribution in [0.25, 0.3) is 0 Å². The fraction of sp³-hybridized carbons (Fsp3) is 0.889. The van der Waals surface area contributed by atoms with E-state index in [1.165, 1.54) is 75.2 Å². The van der Waals surface area contributed by atoms with Gasteiger partial charge in [-0.05, 0) is 32.3 Å². The Balaban J connectivity index is 2.40. The number of piperidine rings is 1. The van der Waals surface area contributed by atoms with Crippen molar-refractivity contribution in [2.45, 2.75) is 83.6 Å². The average Bonchev–Trinajstić information content (AvgIpc) is 2.38. The van der Waals surface area contributed by atoms with Gasteiger partial charge in [0.2, 0.25) is 0 Å². The summed E-state index contributed by atoms with van der Waals surface area (Å²) in [5.41, 5.74) is 0.497. The number of hydrogen-bond acceptors (Lipinski definition) is 0. The Hall–Kier alpha value is -0.300. The van der Waals surface area contributed by atoms with E-state index in [4.69, 9.17) is 0 Å². The van der Waals surface area contributed by atoms with Gasteiger partial charge >= 0.3 is 0 Å². The summed E-state index contributed by atoms with van der Waals surface area (Å²) in [6.07, 6.45) is 16.3. The zero-order chi connectivity index (χ0) is 14.2. The predicted molar refractivity (Wildman–Crippen MR) is 86.4 cm³/mol. The Bertz CT molecular complexity index is 260. The Morgan fingerprint density at radius 3 is 2.47 bits per heavy atom. The third kappa shape index (κ3) is 4.63. The molecule has 1 saturated heterocycles. The molecule has 0 aromatic carbocycles. The summed E-state index contributed by atoms with van der Waals surface area (Å²) in [5.74, 6) is 0. The maximum atomic E-state index is 3.98. The molecule has 0 spiro atoms. The zero-order valence-corrected chi connectivity index (χ0v) is 13.7. The van der Waals surface area contributed by atoms with Crippen LogP contribution in [0.1, 0.15) is 78.1 Å². The van der Waals surface area contributed by atoms with Crippen molar-refractivity contribution < 1.29 is 4.48 Å². The molecule has 0 radical (unpaired) electrons. The van der Waals surface area contributed by atoms with Crippen molar-refractivity contribution in [1.29, 1.82) is 0 Å². The first-order valence-electron chi connectivity index (χ1n) is 8.53. The summed E-state index contributed by atoms with van der Waals surface area (Å²) < 4.78 is 1.23. The Morgan fingerprint density at radius 1 is 1.11 bits per heavy atom. The minimum Gasteiger partial charge on any atom is -0.318 e. The highest BCUT2D eigenvalue weighted by atomic mass is 15.4. The van der Waals surface area contributed by atoms with Gasteiger partial charge in [0.1, 0.15) is 0 Å². The maximum absolute atomic E-state index is 3.98. The van der Waals surface area contributed by atoms with Crippen molar-refractivity contribution in [2.24, 2.45) is 0 Å². The fourth-order valence-corrected chi connectivity index (χ4v) is 3.78. The van der Waals surface area contributed by atoms with E-state index < -0.39 is 0 Å². The van der Waals surface area contributed by atoms with Gasteiger partial charge in [0.25, 0.3) is 0 Å². The van der Waals surface area contributed by atoms with E-state index >= 15 is 0 Å². The van der Waals surface area contributed by atoms with Gasteiger partial charge in [-0.3, -0.25) is 0 Å². The van der Waals surface area contributed by atoms with Crippen LogP contribution in [0.2, 0.25) is 0 Å². The van der Waals surface area contributed by atoms with E-state index in [2.05, 4.69) is 33.6 Å². The van der Waals surface area contributed by atoms with Crippen molar-refractivity contribution in [1.82, 2.24) is 0 Å². The molecule has 0 amide bonds. The van der Waals surface area contributed by atoms with Crippen LogP contribution in [0, 0.1) is 0 Å². The summed E-state index contributed by atoms with van der Waals surface area (Å²) in [6.45, 7) is 11.3. The lowest BCUT2D eigenvalue weighted by molar-refractivity contribution is -0.958. The standard InChI is InChI=1S/C18H36N/c1-5-7-8-9-10-11-14-18(3)15-12-13-17-19(18,4)16-6-2/h6H,2,5,7-17H2,1,3-4H3/q+1. The Morgan fingerprint density at radius 2 is 1.79 bits per heavy atom. The molecule has 0 aliphatic carbocycles. The molecule has 1 heteroatoms. The van der Waals surface area contributed by atoms with E-state index in [0.717, 1.165) is 6.54 Å². The van der Waals surface area contributed by atoms with Crippen molar-refractivity contribution >= 4 is 0 Å². The van der Waals surface area contributed by atoms with Crippen LogP contribution in [-0.4, -0.2) is 30.2 Å². The van der Waals surface area contributed by atoms with Crippen molar-refractivity contribution in [2.75, 3.05) is 20.1 Å². The number of rotatable bonds is 9. The number of nitrogens with zero attached hydrogens (tertiary/aromatic N) is 1. The molecule has 1 fully saturated rings. The second kappa shape index (κ2) is 8.09. The van der Waals surface area contributed by atoms with Crippen LogP contribution >= 0.6 is 0 Å². The molecule has 0 bridgehead atoms. The molecular weight excluding hydrogens is 230 g/mol. The average molecular weight is 266 g/mol. The van der Waals surface area contributed by atoms with E-state index in [1.54, 1.807) is 0 Å². The lowest BCUT2D eigenvalue weighted by atomic mass is 9.81. The number of quaternary nitrogens is 1. The second-order valence-electron chi connectivity index (χ2n) is 7.06. The maximum Gasteiger partial charge on any atom is 0.0973 e. The van der Waals surface area contributed by atoms with Crippen molar-refractivity contribution in [3.63, 3.8) is 0 Å². The molecule has 2 atom stereocenters. The van der Waals surface area contributed by atoms with Gasteiger partial charge in [-0.1, -0.05) is 45.6 Å². The van der Waals surface area contributed by atoms with Gasteiger partial charge in [0, 0.05) is 12.8 Å². The van der Waals surface area contributed by atoms with Gasteiger partial charge in [0.15, 0.2) is 0 Å². The summed E-state index contributed by atoms with van der Waals surface area (Å²) in [6, 6.07) is 0. The molecule has 0 N–H and O–H groups in total. The van der Waals surface area contributed by atoms with Crippen LogP contribution in [0.4, 0.5) is 0 Å². The molecule has 1 aliphatic rings.